The molecule has 76 valence electrons. The van der Waals surface area contributed by atoms with Gasteiger partial charge >= 0.3 is 0 Å². The van der Waals surface area contributed by atoms with Gasteiger partial charge in [-0.2, -0.15) is 0 Å². The molecule has 0 spiro atoms. The van der Waals surface area contributed by atoms with E-state index in [1.54, 1.807) is 6.92 Å². The number of hydrogen-bond donors (Lipinski definition) is 1. The first-order valence-electron chi connectivity index (χ1n) is 4.86. The van der Waals surface area contributed by atoms with Crippen molar-refractivity contribution in [3.05, 3.63) is 35.4 Å². The standard InChI is InChI=1S/C12H17NO/c1-9-4-6-11(7-5-9)12(13-3)8-10(2)14/h4-7,12-13H,8H2,1-3H3. The Balaban J connectivity index is 2.78. The summed E-state index contributed by atoms with van der Waals surface area (Å²) in [6.07, 6.45) is 0.555. The Kier molecular flexibility index (Phi) is 3.84. The van der Waals surface area contributed by atoms with E-state index in [-0.39, 0.29) is 11.8 Å². The molecule has 0 aliphatic carbocycles. The Morgan fingerprint density at radius 1 is 1.36 bits per heavy atom. The molecule has 2 heteroatoms. The van der Waals surface area contributed by atoms with E-state index in [1.807, 2.05) is 7.05 Å². The molecular weight excluding hydrogens is 174 g/mol. The minimum atomic E-state index is 0.146. The van der Waals surface area contributed by atoms with Gasteiger partial charge in [0.25, 0.3) is 0 Å². The molecule has 0 saturated carbocycles. The number of Topliss-reactive ketones (excluding diaryl/α,β-unsaturated/α-hetero) is 1. The Morgan fingerprint density at radius 3 is 2.36 bits per heavy atom. The highest BCUT2D eigenvalue weighted by Gasteiger charge is 2.10. The third-order valence-corrected chi connectivity index (χ3v) is 2.32. The van der Waals surface area contributed by atoms with Crippen LogP contribution in [0.2, 0.25) is 0 Å². The first-order valence-corrected chi connectivity index (χ1v) is 4.86. The van der Waals surface area contributed by atoms with Crippen LogP contribution in [0.15, 0.2) is 24.3 Å². The molecule has 1 rings (SSSR count). The molecule has 1 N–H and O–H groups in total. The Morgan fingerprint density at radius 2 is 1.93 bits per heavy atom. The van der Waals surface area contributed by atoms with Crippen LogP contribution in [0.25, 0.3) is 0 Å². The van der Waals surface area contributed by atoms with Gasteiger partial charge in [-0.15, -0.1) is 0 Å². The van der Waals surface area contributed by atoms with Crippen LogP contribution in [0.1, 0.15) is 30.5 Å². The highest BCUT2D eigenvalue weighted by molar-refractivity contribution is 5.76. The number of hydrogen-bond acceptors (Lipinski definition) is 2. The lowest BCUT2D eigenvalue weighted by Gasteiger charge is -2.14. The van der Waals surface area contributed by atoms with Crippen LogP contribution in [-0.2, 0) is 4.79 Å². The fourth-order valence-electron chi connectivity index (χ4n) is 1.47. The highest BCUT2D eigenvalue weighted by atomic mass is 16.1. The number of benzene rings is 1. The summed E-state index contributed by atoms with van der Waals surface area (Å²) in [7, 11) is 1.88. The molecule has 0 radical (unpaired) electrons. The fourth-order valence-corrected chi connectivity index (χ4v) is 1.47. The summed E-state index contributed by atoms with van der Waals surface area (Å²) in [5.41, 5.74) is 2.42. The lowest BCUT2D eigenvalue weighted by Crippen LogP contribution is -2.18. The van der Waals surface area contributed by atoms with Crippen LogP contribution in [0, 0.1) is 6.92 Å². The van der Waals surface area contributed by atoms with Crippen molar-refractivity contribution >= 4 is 5.78 Å². The second-order valence-electron chi connectivity index (χ2n) is 3.66. The summed E-state index contributed by atoms with van der Waals surface area (Å²) in [5.74, 6) is 0.213. The lowest BCUT2D eigenvalue weighted by molar-refractivity contribution is -0.117. The van der Waals surface area contributed by atoms with E-state index >= 15 is 0 Å². The average Bonchev–Trinajstić information content (AvgIpc) is 2.15. The molecule has 0 bridgehead atoms. The highest BCUT2D eigenvalue weighted by Crippen LogP contribution is 2.16. The van der Waals surface area contributed by atoms with Gasteiger partial charge in [0.2, 0.25) is 0 Å². The van der Waals surface area contributed by atoms with Crippen LogP contribution < -0.4 is 5.32 Å². The Hall–Kier alpha value is -1.15. The van der Waals surface area contributed by atoms with Gasteiger partial charge in [0.15, 0.2) is 0 Å². The van der Waals surface area contributed by atoms with Crippen molar-refractivity contribution in [2.24, 2.45) is 0 Å². The summed E-state index contributed by atoms with van der Waals surface area (Å²) in [6, 6.07) is 8.42. The number of carbonyl (C=O) groups excluding carboxylic acids is 1. The number of aryl methyl sites for hydroxylation is 1. The van der Waals surface area contributed by atoms with E-state index in [4.69, 9.17) is 0 Å². The molecule has 0 heterocycles. The SMILES string of the molecule is CNC(CC(C)=O)c1ccc(C)cc1. The molecule has 14 heavy (non-hydrogen) atoms. The smallest absolute Gasteiger partial charge is 0.131 e. The van der Waals surface area contributed by atoms with Crippen molar-refractivity contribution in [2.75, 3.05) is 7.05 Å². The van der Waals surface area contributed by atoms with Crippen LogP contribution in [-0.4, -0.2) is 12.8 Å². The van der Waals surface area contributed by atoms with Crippen LogP contribution in [0.4, 0.5) is 0 Å². The minimum Gasteiger partial charge on any atom is -0.313 e. The third-order valence-electron chi connectivity index (χ3n) is 2.32. The fraction of sp³-hybridized carbons (Fsp3) is 0.417. The number of carbonyl (C=O) groups is 1. The zero-order valence-corrected chi connectivity index (χ0v) is 9.00. The first kappa shape index (κ1) is 10.9. The molecule has 0 fully saturated rings. The predicted molar refractivity (Wildman–Crippen MR) is 58.3 cm³/mol. The minimum absolute atomic E-state index is 0.146. The molecule has 1 aromatic rings. The summed E-state index contributed by atoms with van der Waals surface area (Å²) in [6.45, 7) is 3.68. The van der Waals surface area contributed by atoms with Gasteiger partial charge < -0.3 is 5.32 Å². The maximum absolute atomic E-state index is 11.0. The van der Waals surface area contributed by atoms with Crippen molar-refractivity contribution < 1.29 is 4.79 Å². The number of ketones is 1. The van der Waals surface area contributed by atoms with Gasteiger partial charge in [-0.05, 0) is 26.5 Å². The molecule has 0 aliphatic heterocycles. The first-order chi connectivity index (χ1) is 6.63. The maximum atomic E-state index is 11.0. The van der Waals surface area contributed by atoms with E-state index in [0.29, 0.717) is 6.42 Å². The van der Waals surface area contributed by atoms with Gasteiger partial charge in [-0.3, -0.25) is 4.79 Å². The van der Waals surface area contributed by atoms with Gasteiger partial charge in [-0.1, -0.05) is 29.8 Å². The van der Waals surface area contributed by atoms with Crippen molar-refractivity contribution in [1.29, 1.82) is 0 Å². The van der Waals surface area contributed by atoms with E-state index in [9.17, 15) is 4.79 Å². The number of rotatable bonds is 4. The van der Waals surface area contributed by atoms with E-state index in [1.165, 1.54) is 11.1 Å². The third kappa shape index (κ3) is 2.96. The Bertz CT molecular complexity index is 303. The van der Waals surface area contributed by atoms with Crippen molar-refractivity contribution in [3.8, 4) is 0 Å². The topological polar surface area (TPSA) is 29.1 Å². The van der Waals surface area contributed by atoms with E-state index in [2.05, 4.69) is 36.5 Å². The molecule has 1 atom stereocenters. The molecule has 2 nitrogen and oxygen atoms in total. The second kappa shape index (κ2) is 4.91. The number of nitrogens with one attached hydrogen (secondary N) is 1. The largest absolute Gasteiger partial charge is 0.313 e. The molecule has 0 amide bonds. The van der Waals surface area contributed by atoms with Crippen LogP contribution >= 0.6 is 0 Å². The molecule has 1 aromatic carbocycles. The molecule has 0 aliphatic rings. The second-order valence-corrected chi connectivity index (χ2v) is 3.66. The van der Waals surface area contributed by atoms with Gasteiger partial charge in [0.05, 0.1) is 0 Å². The quantitative estimate of drug-likeness (QED) is 0.790. The van der Waals surface area contributed by atoms with Gasteiger partial charge in [0, 0.05) is 12.5 Å². The molecule has 0 aromatic heterocycles. The van der Waals surface area contributed by atoms with Crippen molar-refractivity contribution in [2.45, 2.75) is 26.3 Å². The normalized spacial score (nSPS) is 12.5. The maximum Gasteiger partial charge on any atom is 0.131 e. The van der Waals surface area contributed by atoms with Crippen LogP contribution in [0.3, 0.4) is 0 Å². The summed E-state index contributed by atoms with van der Waals surface area (Å²) in [4.78, 5) is 11.0. The zero-order valence-electron chi connectivity index (χ0n) is 9.00. The van der Waals surface area contributed by atoms with Gasteiger partial charge in [-0.25, -0.2) is 0 Å². The molecule has 0 saturated heterocycles. The lowest BCUT2D eigenvalue weighted by atomic mass is 10.0. The zero-order chi connectivity index (χ0) is 10.6. The van der Waals surface area contributed by atoms with E-state index < -0.39 is 0 Å². The summed E-state index contributed by atoms with van der Waals surface area (Å²) >= 11 is 0. The summed E-state index contributed by atoms with van der Waals surface area (Å²) in [5, 5.41) is 3.15. The monoisotopic (exact) mass is 191 g/mol. The molecule has 1 unspecified atom stereocenters. The van der Waals surface area contributed by atoms with Crippen molar-refractivity contribution in [3.63, 3.8) is 0 Å². The summed E-state index contributed by atoms with van der Waals surface area (Å²) < 4.78 is 0. The predicted octanol–water partition coefficient (Wildman–Crippen LogP) is 2.23. The Labute approximate surface area is 85.3 Å². The van der Waals surface area contributed by atoms with Crippen LogP contribution in [0.5, 0.6) is 0 Å². The van der Waals surface area contributed by atoms with E-state index in [0.717, 1.165) is 0 Å². The van der Waals surface area contributed by atoms with Crippen molar-refractivity contribution in [1.82, 2.24) is 5.32 Å². The van der Waals surface area contributed by atoms with Gasteiger partial charge in [0.1, 0.15) is 5.78 Å². The average molecular weight is 191 g/mol. The molecular formula is C12H17NO.